The summed E-state index contributed by atoms with van der Waals surface area (Å²) in [5.74, 6) is -1.86. The van der Waals surface area contributed by atoms with E-state index in [1.807, 2.05) is 25.1 Å². The highest BCUT2D eigenvalue weighted by molar-refractivity contribution is 8.14. The predicted molar refractivity (Wildman–Crippen MR) is 157 cm³/mol. The third-order valence-corrected chi connectivity index (χ3v) is 11.7. The van der Waals surface area contributed by atoms with Crippen LogP contribution in [0.2, 0.25) is 0 Å². The molecule has 0 heterocycles. The fourth-order valence-corrected chi connectivity index (χ4v) is 9.64. The lowest BCUT2D eigenvalue weighted by Crippen LogP contribution is -2.68. The maximum absolute atomic E-state index is 17.5. The predicted octanol–water partition coefficient (Wildman–Crippen LogP) is 6.32. The summed E-state index contributed by atoms with van der Waals surface area (Å²) < 4.78 is 33.3. The summed E-state index contributed by atoms with van der Waals surface area (Å²) in [6, 6.07) is 10.0. The van der Waals surface area contributed by atoms with Crippen molar-refractivity contribution in [3.05, 3.63) is 59.7 Å². The third-order valence-electron chi connectivity index (χ3n) is 10.8. The summed E-state index contributed by atoms with van der Waals surface area (Å²) in [5, 5.41) is 23.9. The number of aliphatic hydroxyl groups is 1. The van der Waals surface area contributed by atoms with Crippen LogP contribution >= 0.6 is 23.4 Å². The Morgan fingerprint density at radius 1 is 1.20 bits per heavy atom. The van der Waals surface area contributed by atoms with E-state index in [0.717, 1.165) is 24.6 Å². The number of hydrogen-bond acceptors (Lipinski definition) is 6. The zero-order chi connectivity index (χ0) is 29.6. The molecule has 5 rings (SSSR count). The molecular weight excluding hydrogens is 568 g/mol. The average molecular weight is 608 g/mol. The summed E-state index contributed by atoms with van der Waals surface area (Å²) >= 11 is 6.88. The van der Waals surface area contributed by atoms with Gasteiger partial charge in [0, 0.05) is 30.8 Å². The van der Waals surface area contributed by atoms with Crippen molar-refractivity contribution in [2.24, 2.45) is 34.5 Å². The van der Waals surface area contributed by atoms with E-state index in [1.165, 1.54) is 28.9 Å². The summed E-state index contributed by atoms with van der Waals surface area (Å²) in [7, 11) is 0. The molecule has 0 aliphatic heterocycles. The third kappa shape index (κ3) is 5.37. The molecular formula is C32H40ClF2NO4S. The number of benzene rings is 1. The molecule has 4 aliphatic rings. The first kappa shape index (κ1) is 30.9. The van der Waals surface area contributed by atoms with Crippen LogP contribution < -0.4 is 0 Å². The van der Waals surface area contributed by atoms with Gasteiger partial charge in [-0.05, 0) is 85.5 Å². The molecule has 224 valence electrons. The van der Waals surface area contributed by atoms with Gasteiger partial charge in [-0.1, -0.05) is 55.1 Å². The number of allylic oxidation sites excluding steroid dienone is 4. The second-order valence-electron chi connectivity index (χ2n) is 12.9. The average Bonchev–Trinajstić information content (AvgIpc) is 3.18. The topological polar surface area (TPSA) is 77.8 Å². The van der Waals surface area contributed by atoms with Gasteiger partial charge in [-0.25, -0.2) is 8.78 Å². The maximum Gasteiger partial charge on any atom is 0.190 e. The first-order valence-electron chi connectivity index (χ1n) is 14.6. The molecule has 0 amide bonds. The molecule has 0 radical (unpaired) electrons. The molecule has 0 aromatic heterocycles. The van der Waals surface area contributed by atoms with E-state index in [9.17, 15) is 19.9 Å². The molecule has 0 spiro atoms. The standard InChI is InChI=1S/C32H40ClF2NO4S/c1-30-17-28(38)32(35)25(15-27(34)26-14-22(37)10-11-31(26,32)2)24(30)13-21(23(30)16-29(39)41-19-33)18-36(40)12-6-9-20-7-4-3-5-8-20/h3-5,7-8,10-11,14,21,23-25,27-28,38,40H,6,9,12-13,15-19H2,1-2H3. The molecule has 9 heteroatoms. The Kier molecular flexibility index (Phi) is 8.91. The number of fused-ring (bicyclic) bond motifs is 5. The number of rotatable bonds is 9. The van der Waals surface area contributed by atoms with Gasteiger partial charge in [0.2, 0.25) is 0 Å². The molecule has 1 aromatic rings. The van der Waals surface area contributed by atoms with Crippen LogP contribution in [-0.2, 0) is 16.0 Å². The number of carbonyl (C=O) groups is 2. The molecule has 1 aromatic carbocycles. The number of ketones is 1. The Balaban J connectivity index is 1.41. The zero-order valence-electron chi connectivity index (χ0n) is 23.6. The Morgan fingerprint density at radius 2 is 1.93 bits per heavy atom. The Bertz CT molecular complexity index is 1220. The van der Waals surface area contributed by atoms with Crippen LogP contribution in [0.5, 0.6) is 0 Å². The summed E-state index contributed by atoms with van der Waals surface area (Å²) in [6.07, 6.45) is 3.29. The van der Waals surface area contributed by atoms with Crippen LogP contribution in [0, 0.1) is 34.5 Å². The molecule has 0 bridgehead atoms. The first-order chi connectivity index (χ1) is 19.4. The van der Waals surface area contributed by atoms with Gasteiger partial charge in [0.1, 0.15) is 6.17 Å². The van der Waals surface area contributed by atoms with Gasteiger partial charge in [-0.3, -0.25) is 9.59 Å². The molecule has 9 unspecified atom stereocenters. The van der Waals surface area contributed by atoms with Crippen LogP contribution in [-0.4, -0.2) is 62.5 Å². The molecule has 2 N–H and O–H groups in total. The molecule has 3 saturated carbocycles. The van der Waals surface area contributed by atoms with E-state index in [-0.39, 0.29) is 58.7 Å². The minimum absolute atomic E-state index is 0.0741. The van der Waals surface area contributed by atoms with E-state index < -0.39 is 34.7 Å². The number of alkyl halides is 3. The number of halogens is 3. The number of hydrogen-bond donors (Lipinski definition) is 2. The number of carbonyl (C=O) groups excluding carboxylic acids is 2. The van der Waals surface area contributed by atoms with E-state index >= 15 is 8.78 Å². The minimum Gasteiger partial charge on any atom is -0.390 e. The number of nitrogens with zero attached hydrogens (tertiary/aromatic N) is 1. The van der Waals surface area contributed by atoms with E-state index in [4.69, 9.17) is 11.6 Å². The number of aryl methyl sites for hydroxylation is 1. The fraction of sp³-hybridized carbons (Fsp3) is 0.625. The zero-order valence-corrected chi connectivity index (χ0v) is 25.2. The molecule has 41 heavy (non-hydrogen) atoms. The highest BCUT2D eigenvalue weighted by Crippen LogP contribution is 2.70. The minimum atomic E-state index is -2.16. The monoisotopic (exact) mass is 607 g/mol. The van der Waals surface area contributed by atoms with Crippen molar-refractivity contribution in [3.8, 4) is 0 Å². The van der Waals surface area contributed by atoms with Gasteiger partial charge >= 0.3 is 0 Å². The van der Waals surface area contributed by atoms with Gasteiger partial charge in [0.05, 0.1) is 11.3 Å². The lowest BCUT2D eigenvalue weighted by Gasteiger charge is -2.62. The first-order valence-corrected chi connectivity index (χ1v) is 16.1. The van der Waals surface area contributed by atoms with Crippen LogP contribution in [0.1, 0.15) is 51.5 Å². The number of thioether (sulfide) groups is 1. The smallest absolute Gasteiger partial charge is 0.190 e. The van der Waals surface area contributed by atoms with Crippen LogP contribution in [0.4, 0.5) is 8.78 Å². The van der Waals surface area contributed by atoms with Gasteiger partial charge in [0.15, 0.2) is 16.6 Å². The maximum atomic E-state index is 17.5. The summed E-state index contributed by atoms with van der Waals surface area (Å²) in [4.78, 5) is 25.0. The van der Waals surface area contributed by atoms with E-state index in [1.54, 1.807) is 6.92 Å². The van der Waals surface area contributed by atoms with Crippen molar-refractivity contribution in [1.82, 2.24) is 5.06 Å². The normalized spacial score (nSPS) is 39.7. The fourth-order valence-electron chi connectivity index (χ4n) is 8.86. The van der Waals surface area contributed by atoms with Gasteiger partial charge in [-0.15, -0.1) is 11.6 Å². The largest absolute Gasteiger partial charge is 0.390 e. The van der Waals surface area contributed by atoms with Crippen molar-refractivity contribution in [2.45, 2.75) is 70.3 Å². The molecule has 5 nitrogen and oxygen atoms in total. The Morgan fingerprint density at radius 3 is 2.63 bits per heavy atom. The lowest BCUT2D eigenvalue weighted by atomic mass is 9.45. The second kappa shape index (κ2) is 11.8. The van der Waals surface area contributed by atoms with Gasteiger partial charge in [0.25, 0.3) is 0 Å². The van der Waals surface area contributed by atoms with Crippen molar-refractivity contribution in [2.75, 3.05) is 18.3 Å². The summed E-state index contributed by atoms with van der Waals surface area (Å²) in [6.45, 7) is 4.35. The summed E-state index contributed by atoms with van der Waals surface area (Å²) in [5.41, 5.74) is -2.95. The van der Waals surface area contributed by atoms with Crippen molar-refractivity contribution >= 4 is 34.3 Å². The van der Waals surface area contributed by atoms with E-state index in [2.05, 4.69) is 12.1 Å². The van der Waals surface area contributed by atoms with Gasteiger partial charge < -0.3 is 10.3 Å². The molecule has 4 aliphatic carbocycles. The van der Waals surface area contributed by atoms with Crippen molar-refractivity contribution < 1.29 is 28.7 Å². The van der Waals surface area contributed by atoms with Crippen LogP contribution in [0.3, 0.4) is 0 Å². The Labute approximate surface area is 250 Å². The van der Waals surface area contributed by atoms with E-state index in [0.29, 0.717) is 19.5 Å². The molecule has 3 fully saturated rings. The SMILES string of the molecule is CC12CC(O)C3(F)C(CC(F)C4=CC(=O)C=CC43C)C1CC(CN(O)CCCc1ccccc1)C2CC(=O)SCCl. The quantitative estimate of drug-likeness (QED) is 0.253. The highest BCUT2D eigenvalue weighted by atomic mass is 35.5. The second-order valence-corrected chi connectivity index (χ2v) is 14.5. The highest BCUT2D eigenvalue weighted by Gasteiger charge is 2.72. The van der Waals surface area contributed by atoms with Crippen LogP contribution in [0.15, 0.2) is 54.1 Å². The van der Waals surface area contributed by atoms with Gasteiger partial charge in [-0.2, -0.15) is 5.06 Å². The van der Waals surface area contributed by atoms with Crippen molar-refractivity contribution in [1.29, 1.82) is 0 Å². The molecule has 9 atom stereocenters. The Hall–Kier alpha value is -1.58. The number of hydroxylamine groups is 2. The van der Waals surface area contributed by atoms with Crippen molar-refractivity contribution in [3.63, 3.8) is 0 Å². The van der Waals surface area contributed by atoms with Crippen LogP contribution in [0.25, 0.3) is 0 Å². The molecule has 0 saturated heterocycles. The lowest BCUT2D eigenvalue weighted by molar-refractivity contribution is -0.202. The number of aliphatic hydroxyl groups excluding tert-OH is 1.